The Kier molecular flexibility index (Phi) is 6.62. The number of rotatable bonds is 7. The second-order valence-corrected chi connectivity index (χ2v) is 8.13. The standard InChI is InChI=1S/C24H30N6O/c1-24(12-5-13-31-24)16-28-23(25-2)27-14-21-6-3-4-7-22(21)20-10-8-19(9-11-20)15-30-18-26-17-29-30/h3-4,6-11,17-18H,5,12-16H2,1-2H3,(H2,25,27,28). The molecule has 162 valence electrons. The lowest BCUT2D eigenvalue weighted by molar-refractivity contribution is 0.0243. The molecule has 0 radical (unpaired) electrons. The fourth-order valence-corrected chi connectivity index (χ4v) is 3.89. The average Bonchev–Trinajstić information content (AvgIpc) is 3.47. The average molecular weight is 419 g/mol. The third-order valence-electron chi connectivity index (χ3n) is 5.69. The Labute approximate surface area is 183 Å². The Hall–Kier alpha value is -3.19. The topological polar surface area (TPSA) is 76.4 Å². The van der Waals surface area contributed by atoms with Crippen LogP contribution in [0.15, 0.2) is 66.2 Å². The molecule has 4 rings (SSSR count). The van der Waals surface area contributed by atoms with E-state index in [1.807, 2.05) is 4.68 Å². The minimum absolute atomic E-state index is 0.108. The van der Waals surface area contributed by atoms with Crippen molar-refractivity contribution in [2.75, 3.05) is 20.2 Å². The number of nitrogens with zero attached hydrogens (tertiary/aromatic N) is 4. The van der Waals surface area contributed by atoms with Crippen LogP contribution in [-0.2, 0) is 17.8 Å². The summed E-state index contributed by atoms with van der Waals surface area (Å²) in [5.41, 5.74) is 4.71. The molecule has 31 heavy (non-hydrogen) atoms. The van der Waals surface area contributed by atoms with E-state index in [9.17, 15) is 0 Å². The van der Waals surface area contributed by atoms with E-state index in [2.05, 4.69) is 81.2 Å². The van der Waals surface area contributed by atoms with Crippen LogP contribution in [0.3, 0.4) is 0 Å². The van der Waals surface area contributed by atoms with Crippen molar-refractivity contribution in [1.82, 2.24) is 25.4 Å². The van der Waals surface area contributed by atoms with Crippen LogP contribution in [0.4, 0.5) is 0 Å². The summed E-state index contributed by atoms with van der Waals surface area (Å²) < 4.78 is 7.69. The maximum Gasteiger partial charge on any atom is 0.191 e. The molecule has 2 N–H and O–H groups in total. The van der Waals surface area contributed by atoms with Gasteiger partial charge in [0.15, 0.2) is 5.96 Å². The van der Waals surface area contributed by atoms with Gasteiger partial charge in [0.25, 0.3) is 0 Å². The van der Waals surface area contributed by atoms with Gasteiger partial charge in [-0.3, -0.25) is 4.99 Å². The third kappa shape index (κ3) is 5.49. The molecule has 0 aliphatic carbocycles. The first-order valence-corrected chi connectivity index (χ1v) is 10.7. The molecule has 3 aromatic rings. The Morgan fingerprint density at radius 1 is 1.16 bits per heavy atom. The zero-order chi connectivity index (χ0) is 21.5. The second kappa shape index (κ2) is 9.75. The summed E-state index contributed by atoms with van der Waals surface area (Å²) in [6.07, 6.45) is 5.48. The second-order valence-electron chi connectivity index (χ2n) is 8.13. The van der Waals surface area contributed by atoms with Crippen molar-refractivity contribution < 1.29 is 4.74 Å². The number of aliphatic imine (C=N–C) groups is 1. The molecule has 1 aliphatic rings. The highest BCUT2D eigenvalue weighted by atomic mass is 16.5. The number of guanidine groups is 1. The monoisotopic (exact) mass is 418 g/mol. The Balaban J connectivity index is 1.39. The van der Waals surface area contributed by atoms with Crippen LogP contribution in [0.1, 0.15) is 30.9 Å². The van der Waals surface area contributed by atoms with Crippen LogP contribution < -0.4 is 10.6 Å². The smallest absolute Gasteiger partial charge is 0.191 e. The van der Waals surface area contributed by atoms with Crippen LogP contribution in [-0.4, -0.2) is 46.5 Å². The van der Waals surface area contributed by atoms with Gasteiger partial charge in [-0.25, -0.2) is 9.67 Å². The SMILES string of the molecule is CN=C(NCc1ccccc1-c1ccc(Cn2cncn2)cc1)NCC1(C)CCCO1. The van der Waals surface area contributed by atoms with Gasteiger partial charge >= 0.3 is 0 Å². The Bertz CT molecular complexity index is 991. The van der Waals surface area contributed by atoms with Gasteiger partial charge in [-0.15, -0.1) is 0 Å². The molecule has 0 bridgehead atoms. The normalized spacial score (nSPS) is 18.8. The summed E-state index contributed by atoms with van der Waals surface area (Å²) in [4.78, 5) is 8.37. The van der Waals surface area contributed by atoms with E-state index in [-0.39, 0.29) is 5.60 Å². The van der Waals surface area contributed by atoms with E-state index < -0.39 is 0 Å². The number of benzene rings is 2. The highest BCUT2D eigenvalue weighted by Gasteiger charge is 2.29. The molecule has 1 aliphatic heterocycles. The largest absolute Gasteiger partial charge is 0.373 e. The van der Waals surface area contributed by atoms with Crippen LogP contribution in [0.5, 0.6) is 0 Å². The highest BCUT2D eigenvalue weighted by Crippen LogP contribution is 2.25. The van der Waals surface area contributed by atoms with Crippen molar-refractivity contribution in [2.45, 2.75) is 38.5 Å². The number of hydrogen-bond donors (Lipinski definition) is 2. The van der Waals surface area contributed by atoms with Gasteiger partial charge in [0.05, 0.1) is 12.1 Å². The van der Waals surface area contributed by atoms with E-state index in [0.29, 0.717) is 13.1 Å². The molecule has 0 saturated carbocycles. The van der Waals surface area contributed by atoms with E-state index >= 15 is 0 Å². The van der Waals surface area contributed by atoms with Crippen molar-refractivity contribution in [1.29, 1.82) is 0 Å². The third-order valence-corrected chi connectivity index (χ3v) is 5.69. The number of ether oxygens (including phenoxy) is 1. The highest BCUT2D eigenvalue weighted by molar-refractivity contribution is 5.80. The lowest BCUT2D eigenvalue weighted by Crippen LogP contribution is -2.45. The molecule has 0 spiro atoms. The van der Waals surface area contributed by atoms with Gasteiger partial charge in [0.1, 0.15) is 12.7 Å². The van der Waals surface area contributed by atoms with Gasteiger partial charge in [0.2, 0.25) is 0 Å². The molecule has 1 fully saturated rings. The summed E-state index contributed by atoms with van der Waals surface area (Å²) >= 11 is 0. The minimum atomic E-state index is -0.108. The van der Waals surface area contributed by atoms with Gasteiger partial charge in [0, 0.05) is 26.7 Å². The van der Waals surface area contributed by atoms with Gasteiger partial charge in [-0.05, 0) is 42.0 Å². The Morgan fingerprint density at radius 3 is 2.71 bits per heavy atom. The van der Waals surface area contributed by atoms with Crippen LogP contribution in [0.2, 0.25) is 0 Å². The fraction of sp³-hybridized carbons (Fsp3) is 0.375. The first-order chi connectivity index (χ1) is 15.1. The lowest BCUT2D eigenvalue weighted by Gasteiger charge is -2.24. The predicted molar refractivity (Wildman–Crippen MR) is 123 cm³/mol. The molecular formula is C24H30N6O. The molecule has 1 atom stereocenters. The quantitative estimate of drug-likeness (QED) is 0.455. The summed E-state index contributed by atoms with van der Waals surface area (Å²) in [7, 11) is 1.80. The summed E-state index contributed by atoms with van der Waals surface area (Å²) in [5.74, 6) is 0.787. The van der Waals surface area contributed by atoms with E-state index in [0.717, 1.165) is 32.0 Å². The van der Waals surface area contributed by atoms with Crippen molar-refractivity contribution >= 4 is 5.96 Å². The maximum atomic E-state index is 5.86. The van der Waals surface area contributed by atoms with E-state index in [1.165, 1.54) is 22.3 Å². The van der Waals surface area contributed by atoms with Crippen molar-refractivity contribution in [3.05, 3.63) is 72.3 Å². The number of nitrogens with one attached hydrogen (secondary N) is 2. The van der Waals surface area contributed by atoms with Gasteiger partial charge in [-0.2, -0.15) is 5.10 Å². The fourth-order valence-electron chi connectivity index (χ4n) is 3.89. The zero-order valence-corrected chi connectivity index (χ0v) is 18.2. The number of hydrogen-bond acceptors (Lipinski definition) is 4. The van der Waals surface area contributed by atoms with Crippen LogP contribution >= 0.6 is 0 Å². The van der Waals surface area contributed by atoms with Crippen molar-refractivity contribution in [2.24, 2.45) is 4.99 Å². The number of aromatic nitrogens is 3. The first-order valence-electron chi connectivity index (χ1n) is 10.7. The molecule has 1 saturated heterocycles. The predicted octanol–water partition coefficient (Wildman–Crippen LogP) is 3.23. The minimum Gasteiger partial charge on any atom is -0.373 e. The summed E-state index contributed by atoms with van der Waals surface area (Å²) in [5, 5.41) is 11.0. The molecule has 2 aromatic carbocycles. The van der Waals surface area contributed by atoms with Gasteiger partial charge in [-0.1, -0.05) is 48.5 Å². The molecule has 7 heteroatoms. The summed E-state index contributed by atoms with van der Waals surface area (Å²) in [6.45, 7) is 5.15. The Morgan fingerprint density at radius 2 is 2.00 bits per heavy atom. The van der Waals surface area contributed by atoms with Gasteiger partial charge < -0.3 is 15.4 Å². The molecule has 7 nitrogen and oxygen atoms in total. The lowest BCUT2D eigenvalue weighted by atomic mass is 9.98. The van der Waals surface area contributed by atoms with Crippen LogP contribution in [0, 0.1) is 0 Å². The molecule has 2 heterocycles. The zero-order valence-electron chi connectivity index (χ0n) is 18.2. The molecular weight excluding hydrogens is 388 g/mol. The van der Waals surface area contributed by atoms with Crippen molar-refractivity contribution in [3.8, 4) is 11.1 Å². The first kappa shape index (κ1) is 21.1. The van der Waals surface area contributed by atoms with E-state index in [4.69, 9.17) is 4.74 Å². The molecule has 1 aromatic heterocycles. The molecule has 1 unspecified atom stereocenters. The van der Waals surface area contributed by atoms with Crippen molar-refractivity contribution in [3.63, 3.8) is 0 Å². The van der Waals surface area contributed by atoms with Crippen LogP contribution in [0.25, 0.3) is 11.1 Å². The maximum absolute atomic E-state index is 5.86. The summed E-state index contributed by atoms with van der Waals surface area (Å²) in [6, 6.07) is 17.1. The van der Waals surface area contributed by atoms with E-state index in [1.54, 1.807) is 19.7 Å². The molecule has 0 amide bonds.